The van der Waals surface area contributed by atoms with Crippen molar-refractivity contribution in [3.63, 3.8) is 0 Å². The first-order chi connectivity index (χ1) is 16.3. The average molecular weight is 465 g/mol. The number of hydrogen-bond donors (Lipinski definition) is 3. The molecule has 2 aromatic rings. The van der Waals surface area contributed by atoms with E-state index in [1.54, 1.807) is 13.8 Å². The van der Waals surface area contributed by atoms with Gasteiger partial charge in [-0.15, -0.1) is 0 Å². The quantitative estimate of drug-likeness (QED) is 0.544. The van der Waals surface area contributed by atoms with E-state index in [0.29, 0.717) is 6.54 Å². The number of rotatable bonds is 8. The molecule has 0 aromatic heterocycles. The van der Waals surface area contributed by atoms with E-state index in [2.05, 4.69) is 34.9 Å². The lowest BCUT2D eigenvalue weighted by atomic mass is 9.92. The molecule has 2 amide bonds. The van der Waals surface area contributed by atoms with Crippen LogP contribution in [0.1, 0.15) is 50.2 Å². The van der Waals surface area contributed by atoms with Gasteiger partial charge in [-0.25, -0.2) is 4.79 Å². The van der Waals surface area contributed by atoms with Crippen molar-refractivity contribution in [2.45, 2.75) is 39.0 Å². The molecular weight excluding hydrogens is 432 g/mol. The minimum atomic E-state index is -1.02. The number of amides is 2. The molecule has 0 heterocycles. The highest BCUT2D eigenvalue weighted by Gasteiger charge is 2.35. The lowest BCUT2D eigenvalue weighted by Crippen LogP contribution is -2.43. The Morgan fingerprint density at radius 1 is 0.971 bits per heavy atom. The zero-order valence-electron chi connectivity index (χ0n) is 19.7. The largest absolute Gasteiger partial charge is 0.481 e. The molecule has 0 aliphatic heterocycles. The van der Waals surface area contributed by atoms with E-state index in [0.717, 1.165) is 30.4 Å². The van der Waals surface area contributed by atoms with Crippen LogP contribution in [0.25, 0.3) is 11.1 Å². The average Bonchev–Trinajstić information content (AvgIpc) is 3.42. The maximum absolute atomic E-state index is 12.7. The van der Waals surface area contributed by atoms with Gasteiger partial charge in [0.25, 0.3) is 0 Å². The number of fused-ring (bicyclic) bond motifs is 3. The number of carboxylic acids is 1. The SMILES string of the molecule is CC(C)(CNC(=O)[C@@H]1CCC[C@@H]1CNC(=O)OCC1c2ccccc2-c2ccccc21)C(=O)O. The van der Waals surface area contributed by atoms with Crippen LogP contribution in [0.3, 0.4) is 0 Å². The van der Waals surface area contributed by atoms with Gasteiger partial charge < -0.3 is 20.5 Å². The van der Waals surface area contributed by atoms with E-state index < -0.39 is 17.5 Å². The molecule has 0 spiro atoms. The summed E-state index contributed by atoms with van der Waals surface area (Å²) in [5, 5.41) is 14.9. The molecule has 7 nitrogen and oxygen atoms in total. The molecule has 34 heavy (non-hydrogen) atoms. The number of carbonyl (C=O) groups excluding carboxylic acids is 2. The first-order valence-electron chi connectivity index (χ1n) is 11.9. The number of nitrogens with one attached hydrogen (secondary N) is 2. The summed E-state index contributed by atoms with van der Waals surface area (Å²) in [6.45, 7) is 3.85. The van der Waals surface area contributed by atoms with Crippen molar-refractivity contribution in [1.82, 2.24) is 10.6 Å². The van der Waals surface area contributed by atoms with E-state index in [9.17, 15) is 19.5 Å². The molecule has 3 N–H and O–H groups in total. The van der Waals surface area contributed by atoms with Gasteiger partial charge in [0.05, 0.1) is 5.41 Å². The maximum atomic E-state index is 12.7. The van der Waals surface area contributed by atoms with Crippen molar-refractivity contribution in [3.8, 4) is 11.1 Å². The normalized spacial score (nSPS) is 19.2. The first kappa shape index (κ1) is 23.8. The van der Waals surface area contributed by atoms with Crippen LogP contribution in [0.15, 0.2) is 48.5 Å². The molecule has 4 rings (SSSR count). The minimum absolute atomic E-state index is 0.000691. The van der Waals surface area contributed by atoms with Crippen LogP contribution in [-0.2, 0) is 14.3 Å². The molecular formula is C27H32N2O5. The number of carboxylic acid groups (broad SMARTS) is 1. The molecule has 1 fully saturated rings. The van der Waals surface area contributed by atoms with Gasteiger partial charge >= 0.3 is 12.1 Å². The predicted molar refractivity (Wildman–Crippen MR) is 128 cm³/mol. The third kappa shape index (κ3) is 4.93. The summed E-state index contributed by atoms with van der Waals surface area (Å²) < 4.78 is 5.60. The van der Waals surface area contributed by atoms with Gasteiger partial charge in [0.15, 0.2) is 0 Å². The van der Waals surface area contributed by atoms with Crippen molar-refractivity contribution in [2.75, 3.05) is 19.7 Å². The second-order valence-corrected chi connectivity index (χ2v) is 9.91. The highest BCUT2D eigenvalue weighted by Crippen LogP contribution is 2.44. The standard InChI is InChI=1S/C27H32N2O5/c1-27(2,25(31)32)16-29-24(30)18-13-7-8-17(18)14-28-26(33)34-15-23-21-11-5-3-9-19(21)20-10-4-6-12-22(20)23/h3-6,9-12,17-18,23H,7-8,13-16H2,1-2H3,(H,28,33)(H,29,30)(H,31,32)/t17-,18-/m1/s1. The fraction of sp³-hybridized carbons (Fsp3) is 0.444. The van der Waals surface area contributed by atoms with E-state index in [4.69, 9.17) is 4.74 Å². The monoisotopic (exact) mass is 464 g/mol. The zero-order valence-corrected chi connectivity index (χ0v) is 19.7. The van der Waals surface area contributed by atoms with E-state index in [1.807, 2.05) is 24.3 Å². The predicted octanol–water partition coefficient (Wildman–Crippen LogP) is 4.17. The van der Waals surface area contributed by atoms with Crippen molar-refractivity contribution in [1.29, 1.82) is 0 Å². The third-order valence-corrected chi connectivity index (χ3v) is 7.13. The number of alkyl carbamates (subject to hydrolysis) is 1. The van der Waals surface area contributed by atoms with Crippen molar-refractivity contribution >= 4 is 18.0 Å². The molecule has 7 heteroatoms. The van der Waals surface area contributed by atoms with Crippen molar-refractivity contribution in [3.05, 3.63) is 59.7 Å². The second-order valence-electron chi connectivity index (χ2n) is 9.91. The Hall–Kier alpha value is -3.35. The van der Waals surface area contributed by atoms with Crippen LogP contribution in [0.5, 0.6) is 0 Å². The highest BCUT2D eigenvalue weighted by molar-refractivity contribution is 5.81. The Morgan fingerprint density at radius 2 is 1.59 bits per heavy atom. The fourth-order valence-corrected chi connectivity index (χ4v) is 5.00. The number of aliphatic carboxylic acids is 1. The summed E-state index contributed by atoms with van der Waals surface area (Å²) >= 11 is 0. The molecule has 0 bridgehead atoms. The van der Waals surface area contributed by atoms with Gasteiger partial charge in [0.1, 0.15) is 6.61 Å². The van der Waals surface area contributed by atoms with Gasteiger partial charge in [0, 0.05) is 24.9 Å². The topological polar surface area (TPSA) is 105 Å². The molecule has 0 radical (unpaired) electrons. The van der Waals surface area contributed by atoms with Crippen LogP contribution in [0.2, 0.25) is 0 Å². The second kappa shape index (κ2) is 9.87. The van der Waals surface area contributed by atoms with Crippen LogP contribution in [0, 0.1) is 17.3 Å². The molecule has 2 aliphatic rings. The Kier molecular flexibility index (Phi) is 6.91. The first-order valence-corrected chi connectivity index (χ1v) is 11.9. The molecule has 0 saturated heterocycles. The summed E-state index contributed by atoms with van der Waals surface area (Å²) in [7, 11) is 0. The van der Waals surface area contributed by atoms with Gasteiger partial charge in [-0.2, -0.15) is 0 Å². The molecule has 2 atom stereocenters. The maximum Gasteiger partial charge on any atom is 0.407 e. The van der Waals surface area contributed by atoms with Gasteiger partial charge in [0.2, 0.25) is 5.91 Å². The van der Waals surface area contributed by atoms with Crippen molar-refractivity contribution < 1.29 is 24.2 Å². The van der Waals surface area contributed by atoms with Crippen LogP contribution in [0.4, 0.5) is 4.79 Å². The number of benzene rings is 2. The summed E-state index contributed by atoms with van der Waals surface area (Å²) in [5.41, 5.74) is 3.65. The zero-order chi connectivity index (χ0) is 24.3. The lowest BCUT2D eigenvalue weighted by Gasteiger charge is -2.23. The lowest BCUT2D eigenvalue weighted by molar-refractivity contribution is -0.147. The van der Waals surface area contributed by atoms with Gasteiger partial charge in [-0.05, 0) is 54.9 Å². The van der Waals surface area contributed by atoms with Crippen LogP contribution < -0.4 is 10.6 Å². The molecule has 0 unspecified atom stereocenters. The molecule has 2 aromatic carbocycles. The summed E-state index contributed by atoms with van der Waals surface area (Å²) in [6.07, 6.45) is 1.98. The highest BCUT2D eigenvalue weighted by atomic mass is 16.5. The van der Waals surface area contributed by atoms with Crippen molar-refractivity contribution in [2.24, 2.45) is 17.3 Å². The summed E-state index contributed by atoms with van der Waals surface area (Å²) in [5.74, 6) is -1.33. The molecule has 2 aliphatic carbocycles. The Bertz CT molecular complexity index is 1030. The molecule has 1 saturated carbocycles. The third-order valence-electron chi connectivity index (χ3n) is 7.13. The van der Waals surface area contributed by atoms with E-state index >= 15 is 0 Å². The van der Waals surface area contributed by atoms with E-state index in [1.165, 1.54) is 11.1 Å². The van der Waals surface area contributed by atoms with Gasteiger partial charge in [-0.1, -0.05) is 55.0 Å². The Labute approximate surface area is 199 Å². The Morgan fingerprint density at radius 3 is 2.21 bits per heavy atom. The number of hydrogen-bond acceptors (Lipinski definition) is 4. The van der Waals surface area contributed by atoms with Gasteiger partial charge in [-0.3, -0.25) is 9.59 Å². The fourth-order valence-electron chi connectivity index (χ4n) is 5.00. The molecule has 180 valence electrons. The number of carbonyl (C=O) groups is 3. The van der Waals surface area contributed by atoms with Crippen LogP contribution >= 0.6 is 0 Å². The van der Waals surface area contributed by atoms with Crippen LogP contribution in [-0.4, -0.2) is 42.8 Å². The van der Waals surface area contributed by atoms with E-state index in [-0.39, 0.29) is 36.8 Å². The minimum Gasteiger partial charge on any atom is -0.481 e. The summed E-state index contributed by atoms with van der Waals surface area (Å²) in [6, 6.07) is 16.4. The summed E-state index contributed by atoms with van der Waals surface area (Å²) in [4.78, 5) is 36.4. The smallest absolute Gasteiger partial charge is 0.407 e. The number of ether oxygens (including phenoxy) is 1. The Balaban J connectivity index is 1.29.